The van der Waals surface area contributed by atoms with Gasteiger partial charge in [0.25, 0.3) is 5.82 Å². The zero-order valence-corrected chi connectivity index (χ0v) is 6.02. The third-order valence-corrected chi connectivity index (χ3v) is 1.53. The van der Waals surface area contributed by atoms with Crippen LogP contribution in [0.3, 0.4) is 0 Å². The first-order valence-electron chi connectivity index (χ1n) is 3.44. The number of nitrogens with zero attached hydrogens (tertiary/aromatic N) is 1. The number of aromatic nitrogens is 2. The van der Waals surface area contributed by atoms with E-state index < -0.39 is 0 Å². The van der Waals surface area contributed by atoms with Crippen LogP contribution in [0.25, 0.3) is 0 Å². The van der Waals surface area contributed by atoms with Crippen LogP contribution in [0.15, 0.2) is 12.4 Å². The Hall–Kier alpha value is -0.790. The molecule has 1 N–H and O–H groups in total. The summed E-state index contributed by atoms with van der Waals surface area (Å²) in [6.45, 7) is 5.36. The average molecular weight is 125 g/mol. The summed E-state index contributed by atoms with van der Waals surface area (Å²) in [5, 5.41) is 0. The van der Waals surface area contributed by atoms with Crippen LogP contribution in [-0.4, -0.2) is 4.98 Å². The van der Waals surface area contributed by atoms with Crippen molar-refractivity contribution in [2.45, 2.75) is 26.8 Å². The summed E-state index contributed by atoms with van der Waals surface area (Å²) < 4.78 is 2.21. The number of aryl methyl sites for hydroxylation is 2. The number of hydrogen-bond donors (Lipinski definition) is 1. The number of nitrogens with one attached hydrogen (secondary N) is 1. The zero-order chi connectivity index (χ0) is 6.69. The van der Waals surface area contributed by atoms with E-state index in [4.69, 9.17) is 0 Å². The summed E-state index contributed by atoms with van der Waals surface area (Å²) in [7, 11) is 0. The monoisotopic (exact) mass is 125 g/mol. The van der Waals surface area contributed by atoms with E-state index in [1.807, 2.05) is 6.20 Å². The van der Waals surface area contributed by atoms with Gasteiger partial charge in [-0.25, -0.2) is 9.55 Å². The van der Waals surface area contributed by atoms with Crippen molar-refractivity contribution in [1.82, 2.24) is 4.98 Å². The summed E-state index contributed by atoms with van der Waals surface area (Å²) in [6.07, 6.45) is 5.13. The smallest absolute Gasteiger partial charge is 0.248 e. The fourth-order valence-corrected chi connectivity index (χ4v) is 0.998. The van der Waals surface area contributed by atoms with Crippen LogP contribution < -0.4 is 4.57 Å². The van der Waals surface area contributed by atoms with E-state index in [9.17, 15) is 0 Å². The Balaban J connectivity index is 2.85. The number of rotatable bonds is 2. The highest BCUT2D eigenvalue weighted by Crippen LogP contribution is 1.85. The molecule has 1 rings (SSSR count). The average Bonchev–Trinajstić information content (AvgIpc) is 2.33. The van der Waals surface area contributed by atoms with Crippen molar-refractivity contribution in [3.8, 4) is 0 Å². The van der Waals surface area contributed by atoms with Gasteiger partial charge >= 0.3 is 0 Å². The summed E-state index contributed by atoms with van der Waals surface area (Å²) in [5.41, 5.74) is 0. The number of hydrogen-bond acceptors (Lipinski definition) is 0. The molecule has 0 amide bonds. The number of imidazole rings is 1. The molecule has 0 aromatic carbocycles. The minimum Gasteiger partial charge on any atom is -0.248 e. The molecular weight excluding hydrogens is 112 g/mol. The first kappa shape index (κ1) is 6.33. The standard InChI is InChI=1S/C7H12N2/c1-3-7-8-5-6-9(7)4-2/h5-6H,3-4H2,1-2H3/p+1. The van der Waals surface area contributed by atoms with Gasteiger partial charge in [0, 0.05) is 6.42 Å². The second-order valence-corrected chi connectivity index (χ2v) is 2.05. The van der Waals surface area contributed by atoms with Gasteiger partial charge in [-0.15, -0.1) is 0 Å². The van der Waals surface area contributed by atoms with E-state index in [0.29, 0.717) is 0 Å². The minimum atomic E-state index is 1.06. The first-order chi connectivity index (χ1) is 4.38. The fraction of sp³-hybridized carbons (Fsp3) is 0.571. The lowest BCUT2D eigenvalue weighted by atomic mass is 10.4. The molecule has 2 heteroatoms. The molecular formula is C7H13N2+. The summed E-state index contributed by atoms with van der Waals surface area (Å²) in [5.74, 6) is 1.30. The molecule has 1 aromatic heterocycles. The zero-order valence-electron chi connectivity index (χ0n) is 6.02. The molecule has 2 nitrogen and oxygen atoms in total. The van der Waals surface area contributed by atoms with Crippen LogP contribution >= 0.6 is 0 Å². The van der Waals surface area contributed by atoms with Crippen LogP contribution in [-0.2, 0) is 13.0 Å². The highest BCUT2D eigenvalue weighted by molar-refractivity contribution is 4.74. The molecule has 1 aromatic rings. The lowest BCUT2D eigenvalue weighted by Crippen LogP contribution is -2.34. The lowest BCUT2D eigenvalue weighted by Gasteiger charge is -1.90. The molecule has 0 saturated heterocycles. The van der Waals surface area contributed by atoms with Gasteiger partial charge in [0.05, 0.1) is 6.54 Å². The summed E-state index contributed by atoms with van der Waals surface area (Å²) in [6, 6.07) is 0. The summed E-state index contributed by atoms with van der Waals surface area (Å²) in [4.78, 5) is 3.17. The maximum Gasteiger partial charge on any atom is 0.253 e. The molecule has 0 aliphatic heterocycles. The minimum absolute atomic E-state index is 1.06. The molecule has 0 unspecified atom stereocenters. The molecule has 0 aliphatic rings. The van der Waals surface area contributed by atoms with E-state index in [2.05, 4.69) is 29.6 Å². The van der Waals surface area contributed by atoms with Crippen molar-refractivity contribution < 1.29 is 4.57 Å². The van der Waals surface area contributed by atoms with Crippen molar-refractivity contribution in [3.05, 3.63) is 18.2 Å². The Bertz CT molecular complexity index is 160. The van der Waals surface area contributed by atoms with E-state index >= 15 is 0 Å². The number of aromatic amines is 1. The highest BCUT2D eigenvalue weighted by atomic mass is 15.0. The van der Waals surface area contributed by atoms with Crippen LogP contribution in [0.5, 0.6) is 0 Å². The van der Waals surface area contributed by atoms with Crippen molar-refractivity contribution in [2.75, 3.05) is 0 Å². The SMILES string of the molecule is CCc1[nH]cc[n+]1CC. The van der Waals surface area contributed by atoms with Gasteiger partial charge in [0.15, 0.2) is 0 Å². The largest absolute Gasteiger partial charge is 0.253 e. The molecule has 1 heterocycles. The van der Waals surface area contributed by atoms with Gasteiger partial charge in [-0.1, -0.05) is 6.92 Å². The topological polar surface area (TPSA) is 19.7 Å². The van der Waals surface area contributed by atoms with Gasteiger partial charge < -0.3 is 0 Å². The molecule has 0 atom stereocenters. The van der Waals surface area contributed by atoms with Crippen LogP contribution in [0.2, 0.25) is 0 Å². The number of H-pyrrole nitrogens is 1. The molecule has 0 aliphatic carbocycles. The van der Waals surface area contributed by atoms with Crippen molar-refractivity contribution in [2.24, 2.45) is 0 Å². The third kappa shape index (κ3) is 1.12. The predicted molar refractivity (Wildman–Crippen MR) is 36.0 cm³/mol. The van der Waals surface area contributed by atoms with Gasteiger partial charge in [-0.05, 0) is 6.92 Å². The van der Waals surface area contributed by atoms with Crippen molar-refractivity contribution in [3.63, 3.8) is 0 Å². The van der Waals surface area contributed by atoms with Crippen molar-refractivity contribution >= 4 is 0 Å². The molecule has 50 valence electrons. The summed E-state index contributed by atoms with van der Waals surface area (Å²) >= 11 is 0. The maximum atomic E-state index is 3.17. The second kappa shape index (κ2) is 2.67. The van der Waals surface area contributed by atoms with E-state index in [-0.39, 0.29) is 0 Å². The van der Waals surface area contributed by atoms with E-state index in [1.54, 1.807) is 0 Å². The molecule has 0 fully saturated rings. The Kier molecular flexibility index (Phi) is 1.88. The third-order valence-electron chi connectivity index (χ3n) is 1.53. The Morgan fingerprint density at radius 2 is 2.33 bits per heavy atom. The lowest BCUT2D eigenvalue weighted by molar-refractivity contribution is -0.699. The van der Waals surface area contributed by atoms with Crippen LogP contribution in [0.1, 0.15) is 19.7 Å². The molecule has 9 heavy (non-hydrogen) atoms. The van der Waals surface area contributed by atoms with Gasteiger partial charge in [-0.3, -0.25) is 0 Å². The molecule has 0 radical (unpaired) electrons. The molecule has 0 saturated carbocycles. The van der Waals surface area contributed by atoms with Crippen molar-refractivity contribution in [1.29, 1.82) is 0 Å². The van der Waals surface area contributed by atoms with Gasteiger partial charge in [-0.2, -0.15) is 0 Å². The predicted octanol–water partition coefficient (Wildman–Crippen LogP) is 0.885. The Morgan fingerprint density at radius 1 is 1.56 bits per heavy atom. The molecule has 0 spiro atoms. The quantitative estimate of drug-likeness (QED) is 0.566. The maximum absolute atomic E-state index is 3.17. The first-order valence-corrected chi connectivity index (χ1v) is 3.44. The van der Waals surface area contributed by atoms with E-state index in [0.717, 1.165) is 13.0 Å². The van der Waals surface area contributed by atoms with Gasteiger partial charge in [0.2, 0.25) is 0 Å². The second-order valence-electron chi connectivity index (χ2n) is 2.05. The van der Waals surface area contributed by atoms with E-state index in [1.165, 1.54) is 5.82 Å². The normalized spacial score (nSPS) is 10.0. The fourth-order valence-electron chi connectivity index (χ4n) is 0.998. The highest BCUT2D eigenvalue weighted by Gasteiger charge is 2.02. The Morgan fingerprint density at radius 3 is 2.78 bits per heavy atom. The van der Waals surface area contributed by atoms with Crippen LogP contribution in [0.4, 0.5) is 0 Å². The van der Waals surface area contributed by atoms with Gasteiger partial charge in [0.1, 0.15) is 12.4 Å². The van der Waals surface area contributed by atoms with Crippen LogP contribution in [0, 0.1) is 0 Å². The Labute approximate surface area is 55.5 Å². The molecule has 0 bridgehead atoms.